The molecule has 12 heavy (non-hydrogen) atoms. The number of carbonyl (C=O) groups excluding carboxylic acids is 1. The lowest BCUT2D eigenvalue weighted by Gasteiger charge is -2.24. The molecule has 2 atom stereocenters. The number of halogens is 1. The average molecular weight is 233 g/mol. The topological polar surface area (TPSA) is 26.3 Å². The molecule has 0 N–H and O–H groups in total. The molecule has 0 saturated heterocycles. The van der Waals surface area contributed by atoms with Crippen LogP contribution in [0.2, 0.25) is 0 Å². The van der Waals surface area contributed by atoms with E-state index in [9.17, 15) is 4.79 Å². The van der Waals surface area contributed by atoms with Crippen LogP contribution in [0.3, 0.4) is 0 Å². The molecule has 0 spiro atoms. The van der Waals surface area contributed by atoms with Crippen molar-refractivity contribution in [2.24, 2.45) is 11.8 Å². The number of carbonyl (C=O) groups is 1. The van der Waals surface area contributed by atoms with Gasteiger partial charge in [-0.05, 0) is 18.8 Å². The summed E-state index contributed by atoms with van der Waals surface area (Å²) in [7, 11) is 1.45. The summed E-state index contributed by atoms with van der Waals surface area (Å²) in [5.41, 5.74) is 0. The summed E-state index contributed by atoms with van der Waals surface area (Å²) >= 11 is 3.41. The molecule has 0 unspecified atom stereocenters. The molecule has 0 amide bonds. The largest absolute Gasteiger partial charge is 0.469 e. The number of methoxy groups -OCH3 is 1. The molecule has 3 heteroatoms. The Morgan fingerprint density at radius 1 is 1.58 bits per heavy atom. The molecule has 0 radical (unpaired) electrons. The Morgan fingerprint density at radius 3 is 2.83 bits per heavy atom. The van der Waals surface area contributed by atoms with Crippen LogP contribution in [0.15, 0.2) is 12.2 Å². The third kappa shape index (κ3) is 2.09. The quantitative estimate of drug-likeness (QED) is 0.415. The minimum atomic E-state index is -0.0798. The molecule has 0 aliphatic heterocycles. The second kappa shape index (κ2) is 4.65. The molecule has 0 bridgehead atoms. The van der Waals surface area contributed by atoms with E-state index in [0.29, 0.717) is 5.92 Å². The highest BCUT2D eigenvalue weighted by Gasteiger charge is 2.28. The van der Waals surface area contributed by atoms with Crippen molar-refractivity contribution in [3.05, 3.63) is 12.2 Å². The highest BCUT2D eigenvalue weighted by atomic mass is 79.9. The fourth-order valence-corrected chi connectivity index (χ4v) is 2.20. The van der Waals surface area contributed by atoms with E-state index in [-0.39, 0.29) is 11.9 Å². The van der Waals surface area contributed by atoms with Gasteiger partial charge in [-0.15, -0.1) is 0 Å². The Hall–Kier alpha value is -0.310. The van der Waals surface area contributed by atoms with Gasteiger partial charge in [-0.25, -0.2) is 0 Å². The van der Waals surface area contributed by atoms with Crippen molar-refractivity contribution in [3.8, 4) is 0 Å². The van der Waals surface area contributed by atoms with Crippen LogP contribution < -0.4 is 0 Å². The average Bonchev–Trinajstić information content (AvgIpc) is 2.16. The number of hydrogen-bond acceptors (Lipinski definition) is 2. The summed E-state index contributed by atoms with van der Waals surface area (Å²) in [6, 6.07) is 0. The van der Waals surface area contributed by atoms with Crippen LogP contribution in [0.1, 0.15) is 12.8 Å². The predicted molar refractivity (Wildman–Crippen MR) is 51.2 cm³/mol. The number of esters is 1. The Kier molecular flexibility index (Phi) is 3.79. The molecule has 68 valence electrons. The fourth-order valence-electron chi connectivity index (χ4n) is 1.48. The van der Waals surface area contributed by atoms with Gasteiger partial charge in [0.05, 0.1) is 13.0 Å². The molecule has 1 aliphatic carbocycles. The molecule has 1 aliphatic rings. The van der Waals surface area contributed by atoms with Gasteiger partial charge >= 0.3 is 5.97 Å². The van der Waals surface area contributed by atoms with Crippen molar-refractivity contribution in [2.45, 2.75) is 12.8 Å². The summed E-state index contributed by atoms with van der Waals surface area (Å²) in [4.78, 5) is 11.3. The van der Waals surface area contributed by atoms with Gasteiger partial charge in [0, 0.05) is 5.33 Å². The third-order valence-electron chi connectivity index (χ3n) is 2.27. The second-order valence-corrected chi connectivity index (χ2v) is 3.63. The first-order valence-electron chi connectivity index (χ1n) is 4.08. The molecule has 2 nitrogen and oxygen atoms in total. The fraction of sp³-hybridized carbons (Fsp3) is 0.667. The summed E-state index contributed by atoms with van der Waals surface area (Å²) in [6.07, 6.45) is 5.99. The maximum Gasteiger partial charge on any atom is 0.309 e. The van der Waals surface area contributed by atoms with E-state index in [2.05, 4.69) is 28.1 Å². The van der Waals surface area contributed by atoms with Gasteiger partial charge in [-0.1, -0.05) is 28.1 Å². The van der Waals surface area contributed by atoms with Crippen molar-refractivity contribution in [1.82, 2.24) is 0 Å². The summed E-state index contributed by atoms with van der Waals surface area (Å²) in [5, 5.41) is 0.872. The van der Waals surface area contributed by atoms with Crippen LogP contribution in [-0.4, -0.2) is 18.4 Å². The highest BCUT2D eigenvalue weighted by molar-refractivity contribution is 9.09. The molecular weight excluding hydrogens is 220 g/mol. The number of hydrogen-bond donors (Lipinski definition) is 0. The van der Waals surface area contributed by atoms with Crippen LogP contribution in [0.25, 0.3) is 0 Å². The molecule has 1 rings (SSSR count). The maximum absolute atomic E-state index is 11.3. The van der Waals surface area contributed by atoms with Crippen molar-refractivity contribution in [2.75, 3.05) is 12.4 Å². The zero-order chi connectivity index (χ0) is 8.97. The van der Waals surface area contributed by atoms with Crippen LogP contribution in [-0.2, 0) is 9.53 Å². The van der Waals surface area contributed by atoms with E-state index in [1.165, 1.54) is 7.11 Å². The maximum atomic E-state index is 11.3. The van der Waals surface area contributed by atoms with Gasteiger partial charge in [0.2, 0.25) is 0 Å². The first-order chi connectivity index (χ1) is 5.79. The number of ether oxygens (including phenoxy) is 1. The summed E-state index contributed by atoms with van der Waals surface area (Å²) < 4.78 is 4.73. The Morgan fingerprint density at radius 2 is 2.25 bits per heavy atom. The number of rotatable bonds is 2. The lowest BCUT2D eigenvalue weighted by atomic mass is 9.84. The molecular formula is C9H13BrO2. The minimum absolute atomic E-state index is 0.0550. The van der Waals surface area contributed by atoms with Gasteiger partial charge in [0.1, 0.15) is 0 Å². The molecule has 0 aromatic rings. The molecule has 0 saturated carbocycles. The van der Waals surface area contributed by atoms with E-state index in [1.807, 2.05) is 0 Å². The van der Waals surface area contributed by atoms with Gasteiger partial charge in [0.15, 0.2) is 0 Å². The van der Waals surface area contributed by atoms with Gasteiger partial charge < -0.3 is 4.74 Å². The van der Waals surface area contributed by atoms with Crippen LogP contribution in [0, 0.1) is 11.8 Å². The highest BCUT2D eigenvalue weighted by Crippen LogP contribution is 2.27. The predicted octanol–water partition coefficient (Wildman–Crippen LogP) is 2.14. The lowest BCUT2D eigenvalue weighted by Crippen LogP contribution is -2.27. The van der Waals surface area contributed by atoms with Crippen molar-refractivity contribution in [3.63, 3.8) is 0 Å². The first kappa shape index (κ1) is 9.78. The van der Waals surface area contributed by atoms with Gasteiger partial charge in [-0.2, -0.15) is 0 Å². The SMILES string of the molecule is COC(=O)[C@@H]1CC=CC[C@@H]1CBr. The normalized spacial score (nSPS) is 28.5. The van der Waals surface area contributed by atoms with E-state index in [4.69, 9.17) is 4.74 Å². The zero-order valence-electron chi connectivity index (χ0n) is 7.13. The van der Waals surface area contributed by atoms with Crippen molar-refractivity contribution >= 4 is 21.9 Å². The second-order valence-electron chi connectivity index (χ2n) is 2.99. The van der Waals surface area contributed by atoms with Crippen molar-refractivity contribution < 1.29 is 9.53 Å². The van der Waals surface area contributed by atoms with Crippen LogP contribution >= 0.6 is 15.9 Å². The van der Waals surface area contributed by atoms with Crippen LogP contribution in [0.5, 0.6) is 0 Å². The zero-order valence-corrected chi connectivity index (χ0v) is 8.71. The number of alkyl halides is 1. The molecule has 0 aromatic carbocycles. The summed E-state index contributed by atoms with van der Waals surface area (Å²) in [6.45, 7) is 0. The Balaban J connectivity index is 2.60. The Bertz CT molecular complexity index is 189. The monoisotopic (exact) mass is 232 g/mol. The van der Waals surface area contributed by atoms with E-state index in [1.54, 1.807) is 0 Å². The third-order valence-corrected chi connectivity index (χ3v) is 3.10. The Labute approximate surface area is 81.1 Å². The van der Waals surface area contributed by atoms with Gasteiger partial charge in [0.25, 0.3) is 0 Å². The summed E-state index contributed by atoms with van der Waals surface area (Å²) in [5.74, 6) is 0.380. The smallest absolute Gasteiger partial charge is 0.309 e. The lowest BCUT2D eigenvalue weighted by molar-refractivity contribution is -0.147. The standard InChI is InChI=1S/C9H13BrO2/c1-12-9(11)8-5-3-2-4-7(8)6-10/h2-3,7-8H,4-6H2,1H3/t7-,8-/m1/s1. The molecule has 0 heterocycles. The molecule has 0 fully saturated rings. The minimum Gasteiger partial charge on any atom is -0.469 e. The molecule has 0 aromatic heterocycles. The van der Waals surface area contributed by atoms with Crippen molar-refractivity contribution in [1.29, 1.82) is 0 Å². The van der Waals surface area contributed by atoms with E-state index < -0.39 is 0 Å². The first-order valence-corrected chi connectivity index (χ1v) is 5.20. The van der Waals surface area contributed by atoms with E-state index in [0.717, 1.165) is 18.2 Å². The van der Waals surface area contributed by atoms with Gasteiger partial charge in [-0.3, -0.25) is 4.79 Å². The van der Waals surface area contributed by atoms with E-state index >= 15 is 0 Å². The van der Waals surface area contributed by atoms with Crippen LogP contribution in [0.4, 0.5) is 0 Å². The number of allylic oxidation sites excluding steroid dienone is 2.